The molecule has 0 aromatic heterocycles. The molecule has 3 heteroatoms. The lowest BCUT2D eigenvalue weighted by Crippen LogP contribution is -2.32. The predicted molar refractivity (Wildman–Crippen MR) is 73.4 cm³/mol. The molecule has 0 bridgehead atoms. The molecule has 0 aliphatic carbocycles. The molecule has 2 atom stereocenters. The summed E-state index contributed by atoms with van der Waals surface area (Å²) in [5.74, 6) is -0.274. The summed E-state index contributed by atoms with van der Waals surface area (Å²) in [6, 6.07) is 8.36. The van der Waals surface area contributed by atoms with E-state index in [2.05, 4.69) is 30.0 Å². The molecule has 0 aliphatic heterocycles. The molecular formula is C15H23NO2. The Morgan fingerprint density at radius 1 is 1.39 bits per heavy atom. The van der Waals surface area contributed by atoms with Gasteiger partial charge in [0.2, 0.25) is 0 Å². The van der Waals surface area contributed by atoms with E-state index in [1.165, 1.54) is 12.7 Å². The molecule has 0 saturated heterocycles. The van der Waals surface area contributed by atoms with Crippen LogP contribution in [0.3, 0.4) is 0 Å². The number of carbonyl (C=O) groups is 1. The second kappa shape index (κ2) is 6.55. The minimum Gasteiger partial charge on any atom is -0.469 e. The first-order valence-corrected chi connectivity index (χ1v) is 6.32. The monoisotopic (exact) mass is 249 g/mol. The van der Waals surface area contributed by atoms with Crippen molar-refractivity contribution in [2.75, 3.05) is 21.2 Å². The normalized spacial score (nSPS) is 14.3. The third-order valence-electron chi connectivity index (χ3n) is 3.26. The molecule has 0 N–H and O–H groups in total. The molecule has 0 fully saturated rings. The molecule has 1 aromatic rings. The van der Waals surface area contributed by atoms with Crippen LogP contribution in [0.5, 0.6) is 0 Å². The number of esters is 1. The minimum atomic E-state index is -0.141. The molecular weight excluding hydrogens is 226 g/mol. The van der Waals surface area contributed by atoms with Crippen molar-refractivity contribution < 1.29 is 9.53 Å². The van der Waals surface area contributed by atoms with Gasteiger partial charge in [0.25, 0.3) is 0 Å². The van der Waals surface area contributed by atoms with Gasteiger partial charge in [-0.15, -0.1) is 0 Å². The Morgan fingerprint density at radius 3 is 2.50 bits per heavy atom. The number of methoxy groups -OCH3 is 1. The molecule has 0 aliphatic rings. The standard InChI is InChI=1S/C15H23NO2/c1-6-13(15(17)18-5)14(16(3)4)12-9-7-8-11(2)10-12/h7-10,13-14H,6H2,1-5H3. The van der Waals surface area contributed by atoms with Crippen molar-refractivity contribution >= 4 is 5.97 Å². The van der Waals surface area contributed by atoms with Crippen LogP contribution in [0.15, 0.2) is 24.3 Å². The van der Waals surface area contributed by atoms with Crippen molar-refractivity contribution in [1.82, 2.24) is 4.90 Å². The first-order valence-electron chi connectivity index (χ1n) is 6.32. The van der Waals surface area contributed by atoms with Crippen LogP contribution in [-0.4, -0.2) is 32.1 Å². The van der Waals surface area contributed by atoms with Gasteiger partial charge < -0.3 is 9.64 Å². The second-order valence-electron chi connectivity index (χ2n) is 4.86. The van der Waals surface area contributed by atoms with Gasteiger partial charge in [-0.25, -0.2) is 0 Å². The van der Waals surface area contributed by atoms with Crippen LogP contribution in [-0.2, 0) is 9.53 Å². The summed E-state index contributed by atoms with van der Waals surface area (Å²) in [4.78, 5) is 14.0. The molecule has 0 saturated carbocycles. The van der Waals surface area contributed by atoms with E-state index < -0.39 is 0 Å². The number of hydrogen-bond acceptors (Lipinski definition) is 3. The summed E-state index contributed by atoms with van der Waals surface area (Å²) in [6.07, 6.45) is 0.767. The lowest BCUT2D eigenvalue weighted by atomic mass is 9.89. The Bertz CT molecular complexity index is 401. The zero-order valence-electron chi connectivity index (χ0n) is 11.9. The number of rotatable bonds is 5. The summed E-state index contributed by atoms with van der Waals surface area (Å²) in [5.41, 5.74) is 2.37. The summed E-state index contributed by atoms with van der Waals surface area (Å²) in [7, 11) is 5.45. The molecule has 2 unspecified atom stereocenters. The zero-order chi connectivity index (χ0) is 13.7. The number of benzene rings is 1. The fourth-order valence-corrected chi connectivity index (χ4v) is 2.41. The Kier molecular flexibility index (Phi) is 5.35. The highest BCUT2D eigenvalue weighted by molar-refractivity contribution is 5.73. The molecule has 0 amide bonds. The van der Waals surface area contributed by atoms with Crippen LogP contribution in [0.4, 0.5) is 0 Å². The average molecular weight is 249 g/mol. The number of aryl methyl sites for hydroxylation is 1. The van der Waals surface area contributed by atoms with Gasteiger partial charge in [-0.05, 0) is 33.0 Å². The number of hydrogen-bond donors (Lipinski definition) is 0. The van der Waals surface area contributed by atoms with Crippen LogP contribution in [0.2, 0.25) is 0 Å². The minimum absolute atomic E-state index is 0.0577. The van der Waals surface area contributed by atoms with Crippen molar-refractivity contribution in [2.24, 2.45) is 5.92 Å². The Balaban J connectivity index is 3.12. The Morgan fingerprint density at radius 2 is 2.06 bits per heavy atom. The summed E-state index contributed by atoms with van der Waals surface area (Å²) < 4.78 is 4.92. The van der Waals surface area contributed by atoms with E-state index in [-0.39, 0.29) is 17.9 Å². The Hall–Kier alpha value is -1.35. The number of carbonyl (C=O) groups excluding carboxylic acids is 1. The fraction of sp³-hybridized carbons (Fsp3) is 0.533. The third-order valence-corrected chi connectivity index (χ3v) is 3.26. The largest absolute Gasteiger partial charge is 0.469 e. The van der Waals surface area contributed by atoms with E-state index in [9.17, 15) is 4.79 Å². The van der Waals surface area contributed by atoms with E-state index in [4.69, 9.17) is 4.74 Å². The molecule has 0 radical (unpaired) electrons. The maximum Gasteiger partial charge on any atom is 0.310 e. The van der Waals surface area contributed by atoms with Crippen LogP contribution in [0, 0.1) is 12.8 Å². The summed E-state index contributed by atoms with van der Waals surface area (Å²) in [5, 5.41) is 0. The highest BCUT2D eigenvalue weighted by Crippen LogP contribution is 2.30. The van der Waals surface area contributed by atoms with Crippen molar-refractivity contribution in [3.05, 3.63) is 35.4 Å². The van der Waals surface area contributed by atoms with E-state index in [0.29, 0.717) is 0 Å². The molecule has 3 nitrogen and oxygen atoms in total. The maximum absolute atomic E-state index is 11.9. The molecule has 1 rings (SSSR count). The highest BCUT2D eigenvalue weighted by atomic mass is 16.5. The lowest BCUT2D eigenvalue weighted by Gasteiger charge is -2.30. The number of ether oxygens (including phenoxy) is 1. The topological polar surface area (TPSA) is 29.5 Å². The maximum atomic E-state index is 11.9. The van der Waals surface area contributed by atoms with Crippen LogP contribution in [0.25, 0.3) is 0 Å². The molecule has 1 aromatic carbocycles. The molecule has 0 spiro atoms. The van der Waals surface area contributed by atoms with Gasteiger partial charge in [0, 0.05) is 6.04 Å². The van der Waals surface area contributed by atoms with Crippen LogP contribution in [0.1, 0.15) is 30.5 Å². The predicted octanol–water partition coefficient (Wildman–Crippen LogP) is 2.80. The average Bonchev–Trinajstić information content (AvgIpc) is 2.34. The molecule has 100 valence electrons. The van der Waals surface area contributed by atoms with Gasteiger partial charge in [-0.1, -0.05) is 36.8 Å². The quantitative estimate of drug-likeness (QED) is 0.752. The van der Waals surface area contributed by atoms with Gasteiger partial charge in [0.1, 0.15) is 0 Å². The van der Waals surface area contributed by atoms with Crippen LogP contribution >= 0.6 is 0 Å². The third kappa shape index (κ3) is 3.33. The molecule has 18 heavy (non-hydrogen) atoms. The van der Waals surface area contributed by atoms with E-state index in [0.717, 1.165) is 12.0 Å². The van der Waals surface area contributed by atoms with E-state index in [1.807, 2.05) is 27.1 Å². The SMILES string of the molecule is CCC(C(=O)OC)C(c1cccc(C)c1)N(C)C. The van der Waals surface area contributed by atoms with Gasteiger partial charge in [0.15, 0.2) is 0 Å². The van der Waals surface area contributed by atoms with Crippen LogP contribution < -0.4 is 0 Å². The first kappa shape index (κ1) is 14.7. The lowest BCUT2D eigenvalue weighted by molar-refractivity contribution is -0.148. The zero-order valence-corrected chi connectivity index (χ0v) is 11.9. The smallest absolute Gasteiger partial charge is 0.310 e. The van der Waals surface area contributed by atoms with Crippen molar-refractivity contribution in [2.45, 2.75) is 26.3 Å². The highest BCUT2D eigenvalue weighted by Gasteiger charge is 2.30. The fourth-order valence-electron chi connectivity index (χ4n) is 2.41. The van der Waals surface area contributed by atoms with Gasteiger partial charge in [0.05, 0.1) is 13.0 Å². The first-order chi connectivity index (χ1) is 8.51. The van der Waals surface area contributed by atoms with E-state index in [1.54, 1.807) is 0 Å². The van der Waals surface area contributed by atoms with Gasteiger partial charge >= 0.3 is 5.97 Å². The van der Waals surface area contributed by atoms with Gasteiger partial charge in [-0.3, -0.25) is 4.79 Å². The summed E-state index contributed by atoms with van der Waals surface area (Å²) >= 11 is 0. The van der Waals surface area contributed by atoms with Crippen molar-refractivity contribution in [3.63, 3.8) is 0 Å². The number of nitrogens with zero attached hydrogens (tertiary/aromatic N) is 1. The van der Waals surface area contributed by atoms with Crippen molar-refractivity contribution in [3.8, 4) is 0 Å². The van der Waals surface area contributed by atoms with Gasteiger partial charge in [-0.2, -0.15) is 0 Å². The van der Waals surface area contributed by atoms with Crippen molar-refractivity contribution in [1.29, 1.82) is 0 Å². The Labute approximate surface area is 110 Å². The second-order valence-corrected chi connectivity index (χ2v) is 4.86. The summed E-state index contributed by atoms with van der Waals surface area (Å²) in [6.45, 7) is 4.09. The molecule has 0 heterocycles. The van der Waals surface area contributed by atoms with E-state index >= 15 is 0 Å².